The number of carbonyl (C=O) groups excluding carboxylic acids is 1. The number of allylic oxidation sites excluding steroid dienone is 2. The Morgan fingerprint density at radius 3 is 1.56 bits per heavy atom. The molecule has 0 aromatic carbocycles. The number of hydrogen-bond acceptors (Lipinski definition) is 8. The van der Waals surface area contributed by atoms with Crippen molar-refractivity contribution in [1.82, 2.24) is 5.32 Å². The van der Waals surface area contributed by atoms with Crippen LogP contribution in [0.4, 0.5) is 0 Å². The SMILES string of the molecule is CCCCCCCCCC/C=C\CCCCCCCCCCCCCCCC(=O)NC(COC1OC(CO)C(O)C(O)C1O)C(O)CCCCCC. The van der Waals surface area contributed by atoms with Crippen molar-refractivity contribution < 1.29 is 39.8 Å². The van der Waals surface area contributed by atoms with E-state index in [0.717, 1.165) is 44.9 Å². The summed E-state index contributed by atoms with van der Waals surface area (Å²) in [4.78, 5) is 12.8. The van der Waals surface area contributed by atoms with E-state index >= 15 is 0 Å². The Kier molecular flexibility index (Phi) is 32.4. The van der Waals surface area contributed by atoms with E-state index < -0.39 is 49.5 Å². The molecule has 7 unspecified atom stereocenters. The second kappa shape index (κ2) is 34.4. The van der Waals surface area contributed by atoms with Crippen molar-refractivity contribution in [1.29, 1.82) is 0 Å². The Morgan fingerprint density at radius 2 is 1.08 bits per heavy atom. The van der Waals surface area contributed by atoms with E-state index in [1.165, 1.54) is 128 Å². The molecule has 7 atom stereocenters. The molecule has 0 aromatic heterocycles. The standard InChI is InChI=1S/C43H83NO8/c1-3-5-7-9-10-11-12-13-14-15-16-17-18-19-20-21-22-23-24-25-26-27-28-29-31-33-39(47)44-36(37(46)32-30-8-6-4-2)35-51-43-42(50)41(49)40(48)38(34-45)52-43/h15-16,36-38,40-43,45-46,48-50H,3-14,17-35H2,1-2H3,(H,44,47)/b16-15-. The average Bonchev–Trinajstić information content (AvgIpc) is 3.14. The highest BCUT2D eigenvalue weighted by Gasteiger charge is 2.44. The molecule has 0 bridgehead atoms. The molecule has 9 heteroatoms. The quantitative estimate of drug-likeness (QED) is 0.0277. The van der Waals surface area contributed by atoms with E-state index in [0.29, 0.717) is 12.8 Å². The summed E-state index contributed by atoms with van der Waals surface area (Å²) >= 11 is 0. The first-order valence-corrected chi connectivity index (χ1v) is 21.9. The number of nitrogens with one attached hydrogen (secondary N) is 1. The smallest absolute Gasteiger partial charge is 0.220 e. The molecule has 1 aliphatic heterocycles. The van der Waals surface area contributed by atoms with Crippen LogP contribution in [-0.4, -0.2) is 87.5 Å². The summed E-state index contributed by atoms with van der Waals surface area (Å²) in [5.74, 6) is -0.152. The van der Waals surface area contributed by atoms with Gasteiger partial charge in [0.25, 0.3) is 0 Å². The van der Waals surface area contributed by atoms with E-state index in [-0.39, 0.29) is 12.5 Å². The van der Waals surface area contributed by atoms with E-state index in [9.17, 15) is 30.3 Å². The molecule has 6 N–H and O–H groups in total. The first-order chi connectivity index (χ1) is 25.3. The summed E-state index contributed by atoms with van der Waals surface area (Å²) in [6, 6.07) is -0.710. The largest absolute Gasteiger partial charge is 0.394 e. The summed E-state index contributed by atoms with van der Waals surface area (Å²) < 4.78 is 11.1. The number of aliphatic hydroxyl groups is 5. The molecule has 308 valence electrons. The fourth-order valence-corrected chi connectivity index (χ4v) is 7.04. The summed E-state index contributed by atoms with van der Waals surface area (Å²) in [7, 11) is 0. The number of unbranched alkanes of at least 4 members (excludes halogenated alkanes) is 24. The van der Waals surface area contributed by atoms with Crippen molar-refractivity contribution in [2.75, 3.05) is 13.2 Å². The number of hydrogen-bond donors (Lipinski definition) is 6. The zero-order valence-corrected chi connectivity index (χ0v) is 33.6. The van der Waals surface area contributed by atoms with Crippen LogP contribution < -0.4 is 5.32 Å². The Hall–Kier alpha value is -1.07. The van der Waals surface area contributed by atoms with Crippen LogP contribution in [0.25, 0.3) is 0 Å². The molecule has 1 heterocycles. The molecule has 52 heavy (non-hydrogen) atoms. The Balaban J connectivity index is 2.09. The molecule has 9 nitrogen and oxygen atoms in total. The van der Waals surface area contributed by atoms with Crippen molar-refractivity contribution in [3.05, 3.63) is 12.2 Å². The number of amides is 1. The first-order valence-electron chi connectivity index (χ1n) is 21.9. The van der Waals surface area contributed by atoms with Crippen LogP contribution in [0, 0.1) is 0 Å². The molecule has 0 aromatic rings. The van der Waals surface area contributed by atoms with Gasteiger partial charge in [-0.05, 0) is 38.5 Å². The zero-order chi connectivity index (χ0) is 38.1. The van der Waals surface area contributed by atoms with Gasteiger partial charge in [-0.2, -0.15) is 0 Å². The first kappa shape index (κ1) is 48.9. The Bertz CT molecular complexity index is 827. The molecule has 0 radical (unpaired) electrons. The molecule has 0 saturated carbocycles. The van der Waals surface area contributed by atoms with Gasteiger partial charge < -0.3 is 40.3 Å². The Morgan fingerprint density at radius 1 is 0.635 bits per heavy atom. The fraction of sp³-hybridized carbons (Fsp3) is 0.930. The van der Waals surface area contributed by atoms with Gasteiger partial charge in [-0.25, -0.2) is 0 Å². The molecule has 0 aliphatic carbocycles. The van der Waals surface area contributed by atoms with Crippen LogP contribution >= 0.6 is 0 Å². The maximum atomic E-state index is 12.8. The molecular formula is C43H83NO8. The van der Waals surface area contributed by atoms with Crippen LogP contribution in [0.15, 0.2) is 12.2 Å². The average molecular weight is 742 g/mol. The summed E-state index contributed by atoms with van der Waals surface area (Å²) in [6.07, 6.45) is 31.6. The van der Waals surface area contributed by atoms with Crippen molar-refractivity contribution in [3.63, 3.8) is 0 Å². The number of aliphatic hydroxyl groups excluding tert-OH is 5. The van der Waals surface area contributed by atoms with Gasteiger partial charge in [0.2, 0.25) is 5.91 Å². The maximum absolute atomic E-state index is 12.8. The van der Waals surface area contributed by atoms with E-state index in [1.54, 1.807) is 0 Å². The van der Waals surface area contributed by atoms with Crippen molar-refractivity contribution in [2.45, 2.75) is 243 Å². The van der Waals surface area contributed by atoms with Gasteiger partial charge >= 0.3 is 0 Å². The van der Waals surface area contributed by atoms with Gasteiger partial charge in [-0.1, -0.05) is 167 Å². The molecule has 1 saturated heterocycles. The Labute approximate surface area is 318 Å². The monoisotopic (exact) mass is 742 g/mol. The summed E-state index contributed by atoms with van der Waals surface area (Å²) in [5, 5.41) is 53.7. The van der Waals surface area contributed by atoms with E-state index in [4.69, 9.17) is 9.47 Å². The minimum absolute atomic E-state index is 0.138. The highest BCUT2D eigenvalue weighted by atomic mass is 16.7. The molecular weight excluding hydrogens is 658 g/mol. The lowest BCUT2D eigenvalue weighted by atomic mass is 9.99. The van der Waals surface area contributed by atoms with Crippen LogP contribution in [0.3, 0.4) is 0 Å². The van der Waals surface area contributed by atoms with Gasteiger partial charge in [0, 0.05) is 6.42 Å². The number of rotatable bonds is 36. The van der Waals surface area contributed by atoms with Crippen LogP contribution in [0.5, 0.6) is 0 Å². The third-order valence-corrected chi connectivity index (χ3v) is 10.6. The number of carbonyl (C=O) groups is 1. The van der Waals surface area contributed by atoms with Gasteiger partial charge in [-0.3, -0.25) is 4.79 Å². The fourth-order valence-electron chi connectivity index (χ4n) is 7.04. The lowest BCUT2D eigenvalue weighted by Gasteiger charge is -2.40. The maximum Gasteiger partial charge on any atom is 0.220 e. The van der Waals surface area contributed by atoms with Gasteiger partial charge in [0.1, 0.15) is 24.4 Å². The molecule has 1 fully saturated rings. The third kappa shape index (κ3) is 25.1. The normalized spacial score (nSPS) is 21.9. The van der Waals surface area contributed by atoms with Crippen molar-refractivity contribution >= 4 is 5.91 Å². The van der Waals surface area contributed by atoms with E-state index in [2.05, 4.69) is 31.3 Å². The van der Waals surface area contributed by atoms with Crippen LogP contribution in [0.1, 0.15) is 200 Å². The van der Waals surface area contributed by atoms with Crippen molar-refractivity contribution in [2.24, 2.45) is 0 Å². The third-order valence-electron chi connectivity index (χ3n) is 10.6. The van der Waals surface area contributed by atoms with Crippen LogP contribution in [-0.2, 0) is 14.3 Å². The zero-order valence-electron chi connectivity index (χ0n) is 33.6. The topological polar surface area (TPSA) is 149 Å². The van der Waals surface area contributed by atoms with E-state index in [1.807, 2.05) is 0 Å². The lowest BCUT2D eigenvalue weighted by molar-refractivity contribution is -0.302. The molecule has 1 rings (SSSR count). The van der Waals surface area contributed by atoms with Gasteiger partial charge in [-0.15, -0.1) is 0 Å². The van der Waals surface area contributed by atoms with Crippen molar-refractivity contribution in [3.8, 4) is 0 Å². The molecule has 0 spiro atoms. The number of ether oxygens (including phenoxy) is 2. The highest BCUT2D eigenvalue weighted by molar-refractivity contribution is 5.76. The summed E-state index contributed by atoms with van der Waals surface area (Å²) in [5.41, 5.74) is 0. The van der Waals surface area contributed by atoms with Gasteiger partial charge in [0.05, 0.1) is 25.4 Å². The predicted octanol–water partition coefficient (Wildman–Crippen LogP) is 8.56. The second-order valence-corrected chi connectivity index (χ2v) is 15.5. The van der Waals surface area contributed by atoms with Crippen LogP contribution in [0.2, 0.25) is 0 Å². The summed E-state index contributed by atoms with van der Waals surface area (Å²) in [6.45, 7) is 3.71. The predicted molar refractivity (Wildman–Crippen MR) is 212 cm³/mol. The molecule has 1 aliphatic rings. The highest BCUT2D eigenvalue weighted by Crippen LogP contribution is 2.23. The van der Waals surface area contributed by atoms with Gasteiger partial charge in [0.15, 0.2) is 6.29 Å². The second-order valence-electron chi connectivity index (χ2n) is 15.5. The minimum Gasteiger partial charge on any atom is -0.394 e. The lowest BCUT2D eigenvalue weighted by Crippen LogP contribution is -2.60. The minimum atomic E-state index is -1.55. The molecule has 1 amide bonds.